The molecule has 22 heavy (non-hydrogen) atoms. The third-order valence-corrected chi connectivity index (χ3v) is 3.40. The highest BCUT2D eigenvalue weighted by atomic mass is 16.6. The van der Waals surface area contributed by atoms with Gasteiger partial charge in [-0.05, 0) is 11.6 Å². The fraction of sp³-hybridized carbons (Fsp3) is 0.333. The number of phenols is 1. The number of para-hydroxylation sites is 1. The third-order valence-electron chi connectivity index (χ3n) is 3.40. The van der Waals surface area contributed by atoms with Crippen molar-refractivity contribution in [2.24, 2.45) is 0 Å². The minimum Gasteiger partial charge on any atom is -0.507 e. The van der Waals surface area contributed by atoms with Crippen LogP contribution < -0.4 is 0 Å². The van der Waals surface area contributed by atoms with Gasteiger partial charge in [0, 0.05) is 5.56 Å². The lowest BCUT2D eigenvalue weighted by atomic mass is 10.1. The SMILES string of the molecule is C(OCC1CO1)C1CO1.Oc1ccccc1-c1ccccc1. The van der Waals surface area contributed by atoms with Gasteiger partial charge in [-0.3, -0.25) is 0 Å². The first-order valence-electron chi connectivity index (χ1n) is 7.47. The van der Waals surface area contributed by atoms with Crippen LogP contribution >= 0.6 is 0 Å². The first-order chi connectivity index (χ1) is 10.8. The minimum atomic E-state index is 0.328. The van der Waals surface area contributed by atoms with Gasteiger partial charge in [0.15, 0.2) is 0 Å². The molecule has 2 unspecified atom stereocenters. The molecular formula is C18H20O4. The van der Waals surface area contributed by atoms with E-state index < -0.39 is 0 Å². The monoisotopic (exact) mass is 300 g/mol. The summed E-state index contributed by atoms with van der Waals surface area (Å²) in [6, 6.07) is 17.2. The Morgan fingerprint density at radius 2 is 1.41 bits per heavy atom. The van der Waals surface area contributed by atoms with Gasteiger partial charge < -0.3 is 19.3 Å². The standard InChI is InChI=1S/C12H10O.C6H10O3/c13-12-9-5-4-8-11(12)10-6-2-1-3-7-10;1(5-3-8-5)7-2-6-4-9-6/h1-9,13H;5-6H,1-4H2. The van der Waals surface area contributed by atoms with E-state index in [0.717, 1.165) is 37.6 Å². The number of hydrogen-bond acceptors (Lipinski definition) is 4. The molecule has 116 valence electrons. The van der Waals surface area contributed by atoms with Crippen LogP contribution in [0.3, 0.4) is 0 Å². The Morgan fingerprint density at radius 1 is 0.864 bits per heavy atom. The van der Waals surface area contributed by atoms with Crippen LogP contribution in [0.1, 0.15) is 0 Å². The highest BCUT2D eigenvalue weighted by Gasteiger charge is 2.26. The second-order valence-corrected chi connectivity index (χ2v) is 5.33. The van der Waals surface area contributed by atoms with Crippen LogP contribution in [-0.2, 0) is 14.2 Å². The van der Waals surface area contributed by atoms with Crippen molar-refractivity contribution in [2.75, 3.05) is 26.4 Å². The van der Waals surface area contributed by atoms with Crippen LogP contribution in [0.4, 0.5) is 0 Å². The van der Waals surface area contributed by atoms with E-state index in [1.807, 2.05) is 48.5 Å². The molecule has 0 aromatic heterocycles. The quantitative estimate of drug-likeness (QED) is 0.863. The molecule has 2 aliphatic rings. The van der Waals surface area contributed by atoms with Crippen LogP contribution in [0.5, 0.6) is 5.75 Å². The van der Waals surface area contributed by atoms with Crippen molar-refractivity contribution in [2.45, 2.75) is 12.2 Å². The van der Waals surface area contributed by atoms with Gasteiger partial charge in [0.05, 0.1) is 26.4 Å². The van der Waals surface area contributed by atoms with Crippen molar-refractivity contribution in [3.63, 3.8) is 0 Å². The van der Waals surface area contributed by atoms with Gasteiger partial charge in [-0.1, -0.05) is 48.5 Å². The smallest absolute Gasteiger partial charge is 0.123 e. The summed E-state index contributed by atoms with van der Waals surface area (Å²) in [5.41, 5.74) is 1.92. The number of aromatic hydroxyl groups is 1. The summed E-state index contributed by atoms with van der Waals surface area (Å²) >= 11 is 0. The predicted molar refractivity (Wildman–Crippen MR) is 83.8 cm³/mol. The largest absolute Gasteiger partial charge is 0.507 e. The number of phenolic OH excluding ortho intramolecular Hbond substituents is 1. The third kappa shape index (κ3) is 4.84. The van der Waals surface area contributed by atoms with Crippen molar-refractivity contribution >= 4 is 0 Å². The number of hydrogen-bond donors (Lipinski definition) is 1. The van der Waals surface area contributed by atoms with Gasteiger partial charge in [0.25, 0.3) is 0 Å². The molecule has 4 rings (SSSR count). The Hall–Kier alpha value is -1.88. The normalized spacial score (nSPS) is 21.6. The molecule has 1 N–H and O–H groups in total. The lowest BCUT2D eigenvalue weighted by Crippen LogP contribution is -2.06. The van der Waals surface area contributed by atoms with Gasteiger partial charge in [0.2, 0.25) is 0 Å². The lowest BCUT2D eigenvalue weighted by molar-refractivity contribution is 0.102. The molecule has 0 bridgehead atoms. The molecule has 2 aromatic carbocycles. The fourth-order valence-corrected chi connectivity index (χ4v) is 1.99. The average Bonchev–Trinajstić information content (AvgIpc) is 3.45. The summed E-state index contributed by atoms with van der Waals surface area (Å²) in [4.78, 5) is 0. The van der Waals surface area contributed by atoms with Gasteiger partial charge in [-0.15, -0.1) is 0 Å². The van der Waals surface area contributed by atoms with E-state index in [2.05, 4.69) is 0 Å². The van der Waals surface area contributed by atoms with Crippen molar-refractivity contribution < 1.29 is 19.3 Å². The summed E-state index contributed by atoms with van der Waals surface area (Å²) in [5, 5.41) is 9.56. The zero-order valence-electron chi connectivity index (χ0n) is 12.4. The molecule has 2 fully saturated rings. The van der Waals surface area contributed by atoms with E-state index in [9.17, 15) is 5.11 Å². The van der Waals surface area contributed by atoms with Crippen LogP contribution in [0.15, 0.2) is 54.6 Å². The van der Waals surface area contributed by atoms with Crippen LogP contribution in [0.2, 0.25) is 0 Å². The molecule has 2 atom stereocenters. The van der Waals surface area contributed by atoms with E-state index >= 15 is 0 Å². The Morgan fingerprint density at radius 3 is 1.95 bits per heavy atom. The molecule has 0 amide bonds. The topological polar surface area (TPSA) is 54.5 Å². The molecule has 2 aliphatic heterocycles. The number of benzene rings is 2. The molecule has 2 saturated heterocycles. The number of epoxide rings is 2. The minimum absolute atomic E-state index is 0.328. The maximum absolute atomic E-state index is 9.56. The van der Waals surface area contributed by atoms with Crippen molar-refractivity contribution in [3.8, 4) is 16.9 Å². The first kappa shape index (κ1) is 15.0. The zero-order chi connectivity index (χ0) is 15.2. The van der Waals surface area contributed by atoms with Gasteiger partial charge >= 0.3 is 0 Å². The van der Waals surface area contributed by atoms with E-state index in [1.165, 1.54) is 0 Å². The van der Waals surface area contributed by atoms with Crippen LogP contribution in [-0.4, -0.2) is 43.7 Å². The van der Waals surface area contributed by atoms with Crippen molar-refractivity contribution in [1.29, 1.82) is 0 Å². The van der Waals surface area contributed by atoms with E-state index in [1.54, 1.807) is 6.07 Å². The van der Waals surface area contributed by atoms with Crippen molar-refractivity contribution in [1.82, 2.24) is 0 Å². The molecule has 0 saturated carbocycles. The average molecular weight is 300 g/mol. The lowest BCUT2D eigenvalue weighted by Gasteiger charge is -2.02. The van der Waals surface area contributed by atoms with Crippen molar-refractivity contribution in [3.05, 3.63) is 54.6 Å². The molecule has 4 nitrogen and oxygen atoms in total. The van der Waals surface area contributed by atoms with E-state index in [0.29, 0.717) is 18.0 Å². The Balaban J connectivity index is 0.000000139. The highest BCUT2D eigenvalue weighted by Crippen LogP contribution is 2.27. The maximum Gasteiger partial charge on any atom is 0.123 e. The summed E-state index contributed by atoms with van der Waals surface area (Å²) < 4.78 is 15.1. The molecule has 0 aliphatic carbocycles. The summed E-state index contributed by atoms with van der Waals surface area (Å²) in [6.45, 7) is 3.26. The summed E-state index contributed by atoms with van der Waals surface area (Å²) in [6.07, 6.45) is 0.785. The first-order valence-corrected chi connectivity index (χ1v) is 7.47. The number of rotatable bonds is 5. The van der Waals surface area contributed by atoms with Gasteiger partial charge in [-0.25, -0.2) is 0 Å². The van der Waals surface area contributed by atoms with E-state index in [-0.39, 0.29) is 0 Å². The molecule has 2 aromatic rings. The Labute approximate surface area is 130 Å². The zero-order valence-corrected chi connectivity index (χ0v) is 12.4. The van der Waals surface area contributed by atoms with E-state index in [4.69, 9.17) is 14.2 Å². The van der Waals surface area contributed by atoms with Crippen LogP contribution in [0, 0.1) is 0 Å². The Kier molecular flexibility index (Phi) is 5.06. The second kappa shape index (κ2) is 7.40. The summed E-state index contributed by atoms with van der Waals surface area (Å²) in [7, 11) is 0. The van der Waals surface area contributed by atoms with Gasteiger partial charge in [0.1, 0.15) is 18.0 Å². The van der Waals surface area contributed by atoms with Crippen LogP contribution in [0.25, 0.3) is 11.1 Å². The molecule has 2 heterocycles. The fourth-order valence-electron chi connectivity index (χ4n) is 1.99. The molecule has 4 heteroatoms. The molecule has 0 spiro atoms. The maximum atomic E-state index is 9.56. The second-order valence-electron chi connectivity index (χ2n) is 5.33. The number of ether oxygens (including phenoxy) is 3. The highest BCUT2D eigenvalue weighted by molar-refractivity contribution is 5.69. The molecular weight excluding hydrogens is 280 g/mol. The molecule has 0 radical (unpaired) electrons. The summed E-state index contributed by atoms with van der Waals surface area (Å²) in [5.74, 6) is 0.328. The Bertz CT molecular complexity index is 565. The predicted octanol–water partition coefficient (Wildman–Crippen LogP) is 2.86. The van der Waals surface area contributed by atoms with Gasteiger partial charge in [-0.2, -0.15) is 0 Å².